The molecule has 11 rings (SSSR count). The lowest BCUT2D eigenvalue weighted by Crippen LogP contribution is -2.15. The second kappa shape index (κ2) is 13.9. The first-order chi connectivity index (χ1) is 29.0. The molecular formula is C57H40N2. The van der Waals surface area contributed by atoms with Crippen LogP contribution >= 0.6 is 0 Å². The van der Waals surface area contributed by atoms with Crippen LogP contribution in [0.1, 0.15) is 25.0 Å². The maximum Gasteiger partial charge on any atom is 0.161 e. The van der Waals surface area contributed by atoms with Crippen LogP contribution < -0.4 is 0 Å². The van der Waals surface area contributed by atoms with Crippen molar-refractivity contribution in [1.82, 2.24) is 9.97 Å². The number of aromatic nitrogens is 2. The number of fused-ring (bicyclic) bond motifs is 6. The highest BCUT2D eigenvalue weighted by Crippen LogP contribution is 2.52. The molecule has 278 valence electrons. The largest absolute Gasteiger partial charge is 0.228 e. The van der Waals surface area contributed by atoms with E-state index in [1.807, 2.05) is 6.07 Å². The third-order valence-corrected chi connectivity index (χ3v) is 12.3. The van der Waals surface area contributed by atoms with Crippen LogP contribution in [0.5, 0.6) is 0 Å². The number of nitrogens with zero attached hydrogens (tertiary/aromatic N) is 2. The van der Waals surface area contributed by atoms with Crippen molar-refractivity contribution in [2.24, 2.45) is 0 Å². The van der Waals surface area contributed by atoms with Crippen LogP contribution in [-0.4, -0.2) is 9.97 Å². The molecular weight excluding hydrogens is 713 g/mol. The molecule has 9 aromatic carbocycles. The van der Waals surface area contributed by atoms with Crippen molar-refractivity contribution in [3.8, 4) is 78.4 Å². The van der Waals surface area contributed by atoms with Crippen LogP contribution in [-0.2, 0) is 5.41 Å². The molecule has 10 aromatic rings. The predicted octanol–water partition coefficient (Wildman–Crippen LogP) is 15.1. The molecule has 0 atom stereocenters. The molecule has 0 fully saturated rings. The molecule has 0 amide bonds. The van der Waals surface area contributed by atoms with Gasteiger partial charge in [0.05, 0.1) is 11.4 Å². The zero-order valence-electron chi connectivity index (χ0n) is 33.0. The number of benzene rings is 9. The Morgan fingerprint density at radius 2 is 0.831 bits per heavy atom. The lowest BCUT2D eigenvalue weighted by Gasteiger charge is -2.24. The van der Waals surface area contributed by atoms with Crippen LogP contribution in [0.15, 0.2) is 206 Å². The second-order valence-electron chi connectivity index (χ2n) is 16.1. The van der Waals surface area contributed by atoms with E-state index in [2.05, 4.69) is 214 Å². The zero-order chi connectivity index (χ0) is 39.5. The molecule has 0 radical (unpaired) electrons. The number of hydrogen-bond acceptors (Lipinski definition) is 2. The Bertz CT molecular complexity index is 3220. The maximum absolute atomic E-state index is 5.39. The highest BCUT2D eigenvalue weighted by atomic mass is 14.9. The van der Waals surface area contributed by atoms with E-state index >= 15 is 0 Å². The summed E-state index contributed by atoms with van der Waals surface area (Å²) in [5.74, 6) is 0.704. The average molecular weight is 753 g/mol. The molecule has 59 heavy (non-hydrogen) atoms. The van der Waals surface area contributed by atoms with Crippen LogP contribution in [0.3, 0.4) is 0 Å². The van der Waals surface area contributed by atoms with Crippen molar-refractivity contribution in [3.05, 3.63) is 217 Å². The van der Waals surface area contributed by atoms with E-state index in [-0.39, 0.29) is 5.41 Å². The smallest absolute Gasteiger partial charge is 0.161 e. The molecule has 0 saturated heterocycles. The normalized spacial score (nSPS) is 12.7. The standard InChI is InChI=1S/C57H40N2/c1-57(2)52-35-41(27-30-48(52)49-31-26-39-20-12-13-23-45(39)55(49)57)44-32-33-50(47-25-15-14-24-46(44)47)56-58-53(40-21-10-5-11-22-40)36-54(59-56)42-28-29-43(37-16-6-3-7-17-37)51(34-42)38-18-8-4-9-19-38/h3-36H,1-2H3. The van der Waals surface area contributed by atoms with E-state index in [1.165, 1.54) is 71.8 Å². The lowest BCUT2D eigenvalue weighted by atomic mass is 9.79. The minimum atomic E-state index is -0.140. The summed E-state index contributed by atoms with van der Waals surface area (Å²) in [6, 6.07) is 74.2. The van der Waals surface area contributed by atoms with Gasteiger partial charge >= 0.3 is 0 Å². The van der Waals surface area contributed by atoms with Gasteiger partial charge in [0.25, 0.3) is 0 Å². The molecule has 1 heterocycles. The van der Waals surface area contributed by atoms with Crippen LogP contribution in [0, 0.1) is 0 Å². The maximum atomic E-state index is 5.39. The summed E-state index contributed by atoms with van der Waals surface area (Å²) in [5.41, 5.74) is 17.3. The van der Waals surface area contributed by atoms with Crippen LogP contribution in [0.2, 0.25) is 0 Å². The molecule has 1 aliphatic carbocycles. The lowest BCUT2D eigenvalue weighted by molar-refractivity contribution is 0.666. The van der Waals surface area contributed by atoms with Gasteiger partial charge in [-0.25, -0.2) is 9.97 Å². The van der Waals surface area contributed by atoms with Gasteiger partial charge < -0.3 is 0 Å². The van der Waals surface area contributed by atoms with E-state index in [9.17, 15) is 0 Å². The zero-order valence-corrected chi connectivity index (χ0v) is 33.0. The summed E-state index contributed by atoms with van der Waals surface area (Å²) >= 11 is 0. The van der Waals surface area contributed by atoms with Gasteiger partial charge in [-0.05, 0) is 101 Å². The van der Waals surface area contributed by atoms with E-state index in [1.54, 1.807) is 0 Å². The van der Waals surface area contributed by atoms with E-state index in [0.717, 1.165) is 33.5 Å². The molecule has 0 spiro atoms. The number of hydrogen-bond donors (Lipinski definition) is 0. The fourth-order valence-corrected chi connectivity index (χ4v) is 9.42. The van der Waals surface area contributed by atoms with Crippen molar-refractivity contribution >= 4 is 21.5 Å². The molecule has 1 aliphatic rings. The molecule has 0 aliphatic heterocycles. The van der Waals surface area contributed by atoms with Crippen molar-refractivity contribution in [3.63, 3.8) is 0 Å². The first-order valence-electron chi connectivity index (χ1n) is 20.4. The Morgan fingerprint density at radius 1 is 0.322 bits per heavy atom. The van der Waals surface area contributed by atoms with Gasteiger partial charge in [-0.15, -0.1) is 0 Å². The quantitative estimate of drug-likeness (QED) is 0.169. The summed E-state index contributed by atoms with van der Waals surface area (Å²) in [7, 11) is 0. The molecule has 1 aromatic heterocycles. The summed E-state index contributed by atoms with van der Waals surface area (Å²) in [6.45, 7) is 4.75. The highest BCUT2D eigenvalue weighted by molar-refractivity contribution is 6.05. The van der Waals surface area contributed by atoms with E-state index < -0.39 is 0 Å². The van der Waals surface area contributed by atoms with Crippen molar-refractivity contribution in [1.29, 1.82) is 0 Å². The summed E-state index contributed by atoms with van der Waals surface area (Å²) < 4.78 is 0. The second-order valence-corrected chi connectivity index (χ2v) is 16.1. The SMILES string of the molecule is CC1(C)c2cc(-c3ccc(-c4nc(-c5ccccc5)cc(-c5ccc(-c6ccccc6)c(-c6ccccc6)c5)n4)c4ccccc34)ccc2-c2ccc3ccccc3c21. The Morgan fingerprint density at radius 3 is 1.54 bits per heavy atom. The third kappa shape index (κ3) is 5.87. The van der Waals surface area contributed by atoms with Crippen molar-refractivity contribution in [2.45, 2.75) is 19.3 Å². The van der Waals surface area contributed by atoms with Gasteiger partial charge in [0, 0.05) is 22.1 Å². The minimum absolute atomic E-state index is 0.140. The van der Waals surface area contributed by atoms with Crippen LogP contribution in [0.25, 0.3) is 100.0 Å². The topological polar surface area (TPSA) is 25.8 Å². The van der Waals surface area contributed by atoms with Crippen LogP contribution in [0.4, 0.5) is 0 Å². The first kappa shape index (κ1) is 34.8. The average Bonchev–Trinajstić information content (AvgIpc) is 3.54. The Hall–Kier alpha value is -7.42. The highest BCUT2D eigenvalue weighted by Gasteiger charge is 2.37. The number of rotatable bonds is 6. The Labute approximate surface area is 345 Å². The van der Waals surface area contributed by atoms with Gasteiger partial charge in [-0.2, -0.15) is 0 Å². The molecule has 0 N–H and O–H groups in total. The van der Waals surface area contributed by atoms with Gasteiger partial charge in [-0.1, -0.05) is 196 Å². The molecule has 2 heteroatoms. The molecule has 0 unspecified atom stereocenters. The van der Waals surface area contributed by atoms with Gasteiger partial charge in [0.1, 0.15) is 0 Å². The van der Waals surface area contributed by atoms with E-state index in [0.29, 0.717) is 5.82 Å². The summed E-state index contributed by atoms with van der Waals surface area (Å²) in [4.78, 5) is 10.7. The Balaban J connectivity index is 1.06. The predicted molar refractivity (Wildman–Crippen MR) is 247 cm³/mol. The fraction of sp³-hybridized carbons (Fsp3) is 0.0526. The van der Waals surface area contributed by atoms with Gasteiger partial charge in [0.15, 0.2) is 5.82 Å². The monoisotopic (exact) mass is 752 g/mol. The van der Waals surface area contributed by atoms with Gasteiger partial charge in [-0.3, -0.25) is 0 Å². The minimum Gasteiger partial charge on any atom is -0.228 e. The summed E-state index contributed by atoms with van der Waals surface area (Å²) in [6.07, 6.45) is 0. The molecule has 0 bridgehead atoms. The Kier molecular flexibility index (Phi) is 8.20. The first-order valence-corrected chi connectivity index (χ1v) is 20.4. The van der Waals surface area contributed by atoms with Crippen molar-refractivity contribution < 1.29 is 0 Å². The summed E-state index contributed by atoms with van der Waals surface area (Å²) in [5, 5.41) is 4.93. The fourth-order valence-electron chi connectivity index (χ4n) is 9.42. The van der Waals surface area contributed by atoms with E-state index in [4.69, 9.17) is 9.97 Å². The third-order valence-electron chi connectivity index (χ3n) is 12.3. The molecule has 2 nitrogen and oxygen atoms in total. The van der Waals surface area contributed by atoms with Gasteiger partial charge in [0.2, 0.25) is 0 Å². The molecule has 0 saturated carbocycles. The van der Waals surface area contributed by atoms with Crippen molar-refractivity contribution in [2.75, 3.05) is 0 Å².